The van der Waals surface area contributed by atoms with Crippen LogP contribution < -0.4 is 10.1 Å². The molecule has 2 amide bonds. The first-order valence-corrected chi connectivity index (χ1v) is 11.5. The number of halogens is 1. The molecule has 0 spiro atoms. The van der Waals surface area contributed by atoms with E-state index in [0.717, 1.165) is 45.6 Å². The number of H-pyrrole nitrogens is 1. The molecule has 1 aromatic heterocycles. The van der Waals surface area contributed by atoms with Crippen molar-refractivity contribution in [1.29, 1.82) is 0 Å². The van der Waals surface area contributed by atoms with Crippen molar-refractivity contribution in [2.45, 2.75) is 19.1 Å². The highest BCUT2D eigenvalue weighted by Gasteiger charge is 2.35. The number of carbonyl (C=O) groups is 1. The average Bonchev–Trinajstić information content (AvgIpc) is 3.22. The smallest absolute Gasteiger partial charge is 0.322 e. The van der Waals surface area contributed by atoms with Crippen LogP contribution in [-0.4, -0.2) is 36.7 Å². The Kier molecular flexibility index (Phi) is 6.18. The second-order valence-electron chi connectivity index (χ2n) is 8.35. The third kappa shape index (κ3) is 4.11. The lowest BCUT2D eigenvalue weighted by Crippen LogP contribution is -2.43. The Morgan fingerprint density at radius 3 is 2.68 bits per heavy atom. The highest BCUT2D eigenvalue weighted by molar-refractivity contribution is 6.31. The van der Waals surface area contributed by atoms with E-state index >= 15 is 0 Å². The Hall–Kier alpha value is -3.48. The first kappa shape index (κ1) is 22.3. The van der Waals surface area contributed by atoms with E-state index in [1.807, 2.05) is 71.6 Å². The van der Waals surface area contributed by atoms with Crippen molar-refractivity contribution in [1.82, 2.24) is 9.88 Å². The van der Waals surface area contributed by atoms with Crippen molar-refractivity contribution >= 4 is 34.2 Å². The molecule has 0 saturated carbocycles. The summed E-state index contributed by atoms with van der Waals surface area (Å²) >= 11 is 6.30. The molecule has 0 fully saturated rings. The summed E-state index contributed by atoms with van der Waals surface area (Å²) in [5, 5.41) is 4.91. The first-order valence-electron chi connectivity index (χ1n) is 11.2. The lowest BCUT2D eigenvalue weighted by Gasteiger charge is -2.36. The number of nitrogens with one attached hydrogen (secondary N) is 2. The molecule has 4 aromatic rings. The number of anilines is 1. The number of benzene rings is 3. The van der Waals surface area contributed by atoms with Crippen LogP contribution in [0.3, 0.4) is 0 Å². The monoisotopic (exact) mass is 475 g/mol. The maximum absolute atomic E-state index is 13.6. The second kappa shape index (κ2) is 9.41. The van der Waals surface area contributed by atoms with Crippen LogP contribution in [0.25, 0.3) is 10.9 Å². The molecule has 1 aliphatic heterocycles. The number of nitrogens with zero attached hydrogens (tertiary/aromatic N) is 1. The van der Waals surface area contributed by atoms with Crippen molar-refractivity contribution in [3.63, 3.8) is 0 Å². The van der Waals surface area contributed by atoms with Crippen LogP contribution in [0.1, 0.15) is 28.4 Å². The Balaban J connectivity index is 1.56. The third-order valence-corrected chi connectivity index (χ3v) is 6.58. The van der Waals surface area contributed by atoms with E-state index in [1.165, 1.54) is 5.56 Å². The predicted octanol–water partition coefficient (Wildman–Crippen LogP) is 6.16. The fourth-order valence-corrected chi connectivity index (χ4v) is 4.90. The van der Waals surface area contributed by atoms with E-state index in [1.54, 1.807) is 14.2 Å². The summed E-state index contributed by atoms with van der Waals surface area (Å²) in [6, 6.07) is 21.0. The SMILES string of the molecule is COCc1ccccc1NC(=O)N1CCc2c([nH]c3ccc(Cl)cc23)C1c1ccc(OC)cc1. The number of hydrogen-bond acceptors (Lipinski definition) is 3. The van der Waals surface area contributed by atoms with E-state index in [0.29, 0.717) is 18.2 Å². The summed E-state index contributed by atoms with van der Waals surface area (Å²) in [6.07, 6.45) is 0.732. The van der Waals surface area contributed by atoms with Crippen LogP contribution in [-0.2, 0) is 17.8 Å². The van der Waals surface area contributed by atoms with Crippen LogP contribution >= 0.6 is 11.6 Å². The third-order valence-electron chi connectivity index (χ3n) is 6.34. The van der Waals surface area contributed by atoms with Crippen LogP contribution in [0, 0.1) is 0 Å². The minimum atomic E-state index is -0.282. The minimum Gasteiger partial charge on any atom is -0.497 e. The quantitative estimate of drug-likeness (QED) is 0.363. The second-order valence-corrected chi connectivity index (χ2v) is 8.78. The molecule has 5 rings (SSSR count). The number of rotatable bonds is 5. The summed E-state index contributed by atoms with van der Waals surface area (Å²) in [7, 11) is 3.29. The van der Waals surface area contributed by atoms with Gasteiger partial charge in [0.2, 0.25) is 0 Å². The Morgan fingerprint density at radius 2 is 1.91 bits per heavy atom. The van der Waals surface area contributed by atoms with Gasteiger partial charge in [-0.15, -0.1) is 0 Å². The molecule has 0 saturated heterocycles. The van der Waals surface area contributed by atoms with Crippen LogP contribution in [0.4, 0.5) is 10.5 Å². The number of carbonyl (C=O) groups excluding carboxylic acids is 1. The van der Waals surface area contributed by atoms with Gasteiger partial charge in [-0.3, -0.25) is 0 Å². The standard InChI is InChI=1S/C27H26ClN3O3/c1-33-16-18-5-3-4-6-23(18)30-27(32)31-14-13-21-22-15-19(28)9-12-24(22)29-25(21)26(31)17-7-10-20(34-2)11-8-17/h3-12,15,26,29H,13-14,16H2,1-2H3,(H,30,32). The zero-order valence-corrected chi connectivity index (χ0v) is 19.9. The molecular weight excluding hydrogens is 450 g/mol. The molecule has 34 heavy (non-hydrogen) atoms. The number of urea groups is 1. The molecule has 0 aliphatic carbocycles. The largest absolute Gasteiger partial charge is 0.497 e. The maximum Gasteiger partial charge on any atom is 0.322 e. The Labute approximate surface area is 203 Å². The van der Waals surface area contributed by atoms with Gasteiger partial charge in [-0.1, -0.05) is 41.9 Å². The number of methoxy groups -OCH3 is 2. The van der Waals surface area contributed by atoms with Crippen LogP contribution in [0.2, 0.25) is 5.02 Å². The number of amides is 2. The van der Waals surface area contributed by atoms with Crippen molar-refractivity contribution in [2.75, 3.05) is 26.1 Å². The fraction of sp³-hybridized carbons (Fsp3) is 0.222. The summed E-state index contributed by atoms with van der Waals surface area (Å²) in [4.78, 5) is 19.1. The van der Waals surface area contributed by atoms with Gasteiger partial charge >= 0.3 is 6.03 Å². The molecule has 1 unspecified atom stereocenters. The van der Waals surface area contributed by atoms with E-state index in [2.05, 4.69) is 10.3 Å². The topological polar surface area (TPSA) is 66.6 Å². The van der Waals surface area contributed by atoms with E-state index < -0.39 is 0 Å². The molecule has 0 radical (unpaired) electrons. The summed E-state index contributed by atoms with van der Waals surface area (Å²) in [5.74, 6) is 0.771. The highest BCUT2D eigenvalue weighted by atomic mass is 35.5. The van der Waals surface area contributed by atoms with E-state index in [4.69, 9.17) is 21.1 Å². The first-order chi connectivity index (χ1) is 16.6. The van der Waals surface area contributed by atoms with Gasteiger partial charge in [-0.2, -0.15) is 0 Å². The molecule has 0 bridgehead atoms. The van der Waals surface area contributed by atoms with Gasteiger partial charge in [-0.05, 0) is 53.9 Å². The van der Waals surface area contributed by atoms with E-state index in [9.17, 15) is 4.79 Å². The number of aromatic nitrogens is 1. The fourth-order valence-electron chi connectivity index (χ4n) is 4.72. The van der Waals surface area contributed by atoms with Gasteiger partial charge < -0.3 is 24.7 Å². The minimum absolute atomic E-state index is 0.160. The highest BCUT2D eigenvalue weighted by Crippen LogP contribution is 2.39. The molecule has 7 heteroatoms. The molecule has 1 aliphatic rings. The number of aromatic amines is 1. The molecule has 2 N–H and O–H groups in total. The van der Waals surface area contributed by atoms with Gasteiger partial charge in [-0.25, -0.2) is 4.79 Å². The molecule has 174 valence electrons. The zero-order chi connectivity index (χ0) is 23.7. The normalized spacial score (nSPS) is 15.3. The number of ether oxygens (including phenoxy) is 2. The van der Waals surface area contributed by atoms with Crippen molar-refractivity contribution in [3.8, 4) is 5.75 Å². The van der Waals surface area contributed by atoms with Gasteiger partial charge in [0.15, 0.2) is 0 Å². The Morgan fingerprint density at radius 1 is 1.12 bits per heavy atom. The van der Waals surface area contributed by atoms with Crippen molar-refractivity contribution < 1.29 is 14.3 Å². The summed E-state index contributed by atoms with van der Waals surface area (Å²) in [6.45, 7) is 0.993. The molecular formula is C27H26ClN3O3. The molecule has 6 nitrogen and oxygen atoms in total. The van der Waals surface area contributed by atoms with Gasteiger partial charge in [0.25, 0.3) is 0 Å². The van der Waals surface area contributed by atoms with Crippen LogP contribution in [0.5, 0.6) is 5.75 Å². The van der Waals surface area contributed by atoms with Crippen molar-refractivity contribution in [2.24, 2.45) is 0 Å². The molecule has 3 aromatic carbocycles. The number of hydrogen-bond donors (Lipinski definition) is 2. The van der Waals surface area contributed by atoms with Gasteiger partial charge in [0, 0.05) is 46.5 Å². The van der Waals surface area contributed by atoms with Crippen LogP contribution in [0.15, 0.2) is 66.7 Å². The van der Waals surface area contributed by atoms with E-state index in [-0.39, 0.29) is 12.1 Å². The lowest BCUT2D eigenvalue weighted by atomic mass is 9.92. The summed E-state index contributed by atoms with van der Waals surface area (Å²) in [5.41, 5.74) is 5.89. The zero-order valence-electron chi connectivity index (χ0n) is 19.1. The molecule has 2 heterocycles. The average molecular weight is 476 g/mol. The predicted molar refractivity (Wildman–Crippen MR) is 135 cm³/mol. The maximum atomic E-state index is 13.6. The van der Waals surface area contributed by atoms with Gasteiger partial charge in [0.1, 0.15) is 5.75 Å². The van der Waals surface area contributed by atoms with Crippen molar-refractivity contribution in [3.05, 3.63) is 94.1 Å². The number of fused-ring (bicyclic) bond motifs is 3. The summed E-state index contributed by atoms with van der Waals surface area (Å²) < 4.78 is 10.7. The Bertz CT molecular complexity index is 1330. The molecule has 1 atom stereocenters. The number of para-hydroxylation sites is 1. The van der Waals surface area contributed by atoms with Gasteiger partial charge in [0.05, 0.1) is 19.8 Å². The lowest BCUT2D eigenvalue weighted by molar-refractivity contribution is 0.184.